The molecule has 0 amide bonds. The fraction of sp³-hybridized carbons (Fsp3) is 0.333. The van der Waals surface area contributed by atoms with E-state index in [4.69, 9.17) is 4.74 Å². The quantitative estimate of drug-likeness (QED) is 0.646. The van der Waals surface area contributed by atoms with Gasteiger partial charge in [0.05, 0.1) is 10.6 Å². The van der Waals surface area contributed by atoms with Crippen LogP contribution < -0.4 is 4.74 Å². The van der Waals surface area contributed by atoms with Crippen LogP contribution in [0.5, 0.6) is 5.88 Å². The number of hydrogen-bond donors (Lipinski definition) is 0. The number of benzene rings is 1. The summed E-state index contributed by atoms with van der Waals surface area (Å²) in [5.74, 6) is 0.599. The summed E-state index contributed by atoms with van der Waals surface area (Å²) in [6.45, 7) is 0. The van der Waals surface area contributed by atoms with Gasteiger partial charge in [0, 0.05) is 49.6 Å². The minimum atomic E-state index is -3.55. The first-order chi connectivity index (χ1) is 14.1. The first-order valence-electron chi connectivity index (χ1n) is 9.82. The second kappa shape index (κ2) is 7.27. The molecule has 7 nitrogen and oxygen atoms in total. The highest BCUT2D eigenvalue weighted by Gasteiger charge is 2.47. The lowest BCUT2D eigenvalue weighted by Gasteiger charge is -2.37. The molecule has 2 unspecified atom stereocenters. The average Bonchev–Trinajstić information content (AvgIpc) is 3.36. The van der Waals surface area contributed by atoms with Gasteiger partial charge in [-0.25, -0.2) is 18.1 Å². The molecule has 2 aliphatic heterocycles. The van der Waals surface area contributed by atoms with Crippen LogP contribution in [-0.2, 0) is 10.0 Å². The van der Waals surface area contributed by atoms with Gasteiger partial charge in [-0.15, -0.1) is 0 Å². The average molecular weight is 410 g/mol. The van der Waals surface area contributed by atoms with E-state index in [2.05, 4.69) is 10.1 Å². The van der Waals surface area contributed by atoms with Gasteiger partial charge in [0.25, 0.3) is 0 Å². The Balaban J connectivity index is 1.34. The van der Waals surface area contributed by atoms with Gasteiger partial charge in [0.1, 0.15) is 6.10 Å². The molecule has 2 aromatic heterocycles. The molecule has 0 spiro atoms. The molecule has 2 bridgehead atoms. The lowest BCUT2D eigenvalue weighted by Crippen LogP contribution is -2.49. The standard InChI is InChI=1S/C21H22N4O3S/c26-29(27,20-9-7-16(8-10-20)24-13-3-12-23-24)25-17-5-6-18(25)15-19(14-17)28-21-4-1-2-11-22-21/h1-4,7-13,17-19H,5-6,14-15H2. The van der Waals surface area contributed by atoms with Gasteiger partial charge < -0.3 is 4.74 Å². The van der Waals surface area contributed by atoms with Crippen molar-refractivity contribution in [2.45, 2.75) is 48.8 Å². The third-order valence-electron chi connectivity index (χ3n) is 5.73. The van der Waals surface area contributed by atoms with E-state index in [1.165, 1.54) is 0 Å². The summed E-state index contributed by atoms with van der Waals surface area (Å²) >= 11 is 0. The zero-order chi connectivity index (χ0) is 19.8. The topological polar surface area (TPSA) is 77.3 Å². The van der Waals surface area contributed by atoms with E-state index in [9.17, 15) is 8.42 Å². The summed E-state index contributed by atoms with van der Waals surface area (Å²) in [7, 11) is -3.55. The minimum Gasteiger partial charge on any atom is -0.474 e. The van der Waals surface area contributed by atoms with Gasteiger partial charge in [0.15, 0.2) is 0 Å². The fourth-order valence-electron chi connectivity index (χ4n) is 4.47. The molecule has 29 heavy (non-hydrogen) atoms. The summed E-state index contributed by atoms with van der Waals surface area (Å²) in [5.41, 5.74) is 0.833. The predicted molar refractivity (Wildman–Crippen MR) is 107 cm³/mol. The van der Waals surface area contributed by atoms with Crippen molar-refractivity contribution >= 4 is 10.0 Å². The molecule has 0 saturated carbocycles. The van der Waals surface area contributed by atoms with Crippen molar-refractivity contribution in [3.63, 3.8) is 0 Å². The summed E-state index contributed by atoms with van der Waals surface area (Å²) in [4.78, 5) is 4.55. The Morgan fingerprint density at radius 2 is 1.69 bits per heavy atom. The zero-order valence-corrected chi connectivity index (χ0v) is 16.6. The third kappa shape index (κ3) is 3.42. The van der Waals surface area contributed by atoms with Crippen LogP contribution in [0, 0.1) is 0 Å². The molecule has 2 saturated heterocycles. The van der Waals surface area contributed by atoms with Crippen LogP contribution >= 0.6 is 0 Å². The molecule has 2 aliphatic rings. The first-order valence-corrected chi connectivity index (χ1v) is 11.3. The first kappa shape index (κ1) is 18.3. The number of aromatic nitrogens is 3. The SMILES string of the molecule is O=S(=O)(c1ccc(-n2cccn2)cc1)N1C2CCC1CC(Oc1ccccn1)C2. The smallest absolute Gasteiger partial charge is 0.243 e. The number of fused-ring (bicyclic) bond motifs is 2. The van der Waals surface area contributed by atoms with Gasteiger partial charge in [-0.05, 0) is 49.2 Å². The van der Waals surface area contributed by atoms with Crippen LogP contribution in [0.4, 0.5) is 0 Å². The molecule has 2 fully saturated rings. The summed E-state index contributed by atoms with van der Waals surface area (Å²) in [5, 5.41) is 4.18. The maximum absolute atomic E-state index is 13.4. The number of hydrogen-bond acceptors (Lipinski definition) is 5. The van der Waals surface area contributed by atoms with Crippen molar-refractivity contribution in [2.75, 3.05) is 0 Å². The Morgan fingerprint density at radius 3 is 2.31 bits per heavy atom. The molecule has 4 heterocycles. The molecule has 0 aliphatic carbocycles. The van der Waals surface area contributed by atoms with Crippen molar-refractivity contribution in [3.8, 4) is 11.6 Å². The van der Waals surface area contributed by atoms with Crippen LogP contribution in [0.2, 0.25) is 0 Å². The number of ether oxygens (including phenoxy) is 1. The van der Waals surface area contributed by atoms with Crippen LogP contribution in [0.15, 0.2) is 72.0 Å². The maximum atomic E-state index is 13.4. The number of sulfonamides is 1. The van der Waals surface area contributed by atoms with Gasteiger partial charge in [0.2, 0.25) is 15.9 Å². The maximum Gasteiger partial charge on any atom is 0.243 e. The van der Waals surface area contributed by atoms with Gasteiger partial charge in [-0.3, -0.25) is 0 Å². The zero-order valence-electron chi connectivity index (χ0n) is 15.8. The van der Waals surface area contributed by atoms with Gasteiger partial charge in [-0.1, -0.05) is 6.07 Å². The van der Waals surface area contributed by atoms with Crippen LogP contribution in [-0.4, -0.2) is 45.7 Å². The van der Waals surface area contributed by atoms with Crippen LogP contribution in [0.1, 0.15) is 25.7 Å². The Hall–Kier alpha value is -2.71. The number of piperidine rings is 1. The molecule has 5 rings (SSSR count). The number of pyridine rings is 1. The predicted octanol–water partition coefficient (Wildman–Crippen LogP) is 3.03. The molecule has 1 aromatic carbocycles. The van der Waals surface area contributed by atoms with E-state index in [0.29, 0.717) is 23.6 Å². The second-order valence-corrected chi connectivity index (χ2v) is 9.39. The van der Waals surface area contributed by atoms with Gasteiger partial charge >= 0.3 is 0 Å². The molecule has 2 atom stereocenters. The largest absolute Gasteiger partial charge is 0.474 e. The molecular formula is C21H22N4O3S. The van der Waals surface area contributed by atoms with E-state index in [0.717, 1.165) is 18.5 Å². The molecule has 3 aromatic rings. The van der Waals surface area contributed by atoms with Crippen molar-refractivity contribution in [3.05, 3.63) is 67.1 Å². The summed E-state index contributed by atoms with van der Waals surface area (Å²) < 4.78 is 36.2. The van der Waals surface area contributed by atoms with Crippen LogP contribution in [0.25, 0.3) is 5.69 Å². The molecule has 8 heteroatoms. The number of nitrogens with zero attached hydrogens (tertiary/aromatic N) is 4. The highest BCUT2D eigenvalue weighted by molar-refractivity contribution is 7.89. The van der Waals surface area contributed by atoms with Crippen molar-refractivity contribution in [2.24, 2.45) is 0 Å². The summed E-state index contributed by atoms with van der Waals surface area (Å²) in [6.07, 6.45) is 8.35. The monoisotopic (exact) mass is 410 g/mol. The van der Waals surface area contributed by atoms with Crippen LogP contribution in [0.3, 0.4) is 0 Å². The minimum absolute atomic E-state index is 0.00367. The molecule has 150 valence electrons. The second-order valence-electron chi connectivity index (χ2n) is 7.54. The van der Waals surface area contributed by atoms with Gasteiger partial charge in [-0.2, -0.15) is 9.40 Å². The Kier molecular flexibility index (Phi) is 4.60. The highest BCUT2D eigenvalue weighted by Crippen LogP contribution is 2.40. The lowest BCUT2D eigenvalue weighted by molar-refractivity contribution is 0.0918. The van der Waals surface area contributed by atoms with E-state index < -0.39 is 10.0 Å². The number of rotatable bonds is 5. The Bertz CT molecular complexity index is 1050. The third-order valence-corrected chi connectivity index (χ3v) is 7.75. The lowest BCUT2D eigenvalue weighted by atomic mass is 10.0. The van der Waals surface area contributed by atoms with E-state index in [1.54, 1.807) is 45.6 Å². The van der Waals surface area contributed by atoms with Crippen molar-refractivity contribution in [1.29, 1.82) is 0 Å². The van der Waals surface area contributed by atoms with E-state index in [-0.39, 0.29) is 18.2 Å². The fourth-order valence-corrected chi connectivity index (χ4v) is 6.37. The van der Waals surface area contributed by atoms with Crippen molar-refractivity contribution < 1.29 is 13.2 Å². The highest BCUT2D eigenvalue weighted by atomic mass is 32.2. The molecule has 0 radical (unpaired) electrons. The molecule has 0 N–H and O–H groups in total. The van der Waals surface area contributed by atoms with E-state index >= 15 is 0 Å². The summed E-state index contributed by atoms with van der Waals surface area (Å²) in [6, 6.07) is 14.3. The van der Waals surface area contributed by atoms with E-state index in [1.807, 2.05) is 30.5 Å². The Labute approximate surface area is 170 Å². The Morgan fingerprint density at radius 1 is 0.931 bits per heavy atom. The molecular weight excluding hydrogens is 388 g/mol. The van der Waals surface area contributed by atoms with Crippen molar-refractivity contribution in [1.82, 2.24) is 19.1 Å². The normalized spacial score (nSPS) is 24.5.